The number of thiophene rings is 1. The second kappa shape index (κ2) is 4.21. The van der Waals surface area contributed by atoms with Crippen LogP contribution >= 0.6 is 11.3 Å². The second-order valence-electron chi connectivity index (χ2n) is 3.65. The molecule has 1 aromatic heterocycles. The average molecular weight is 211 g/mol. The Bertz CT molecular complexity index is 324. The largest absolute Gasteiger partial charge is 0.392 e. The number of aliphatic hydroxyl groups excluding tert-OH is 1. The molecule has 1 atom stereocenters. The zero-order valence-electron chi connectivity index (χ0n) is 7.85. The first-order chi connectivity index (χ1) is 6.78. The van der Waals surface area contributed by atoms with Gasteiger partial charge < -0.3 is 5.11 Å². The van der Waals surface area contributed by atoms with E-state index in [4.69, 9.17) is 0 Å². The van der Waals surface area contributed by atoms with Crippen LogP contribution in [0.4, 0.5) is 0 Å². The molecule has 0 amide bonds. The van der Waals surface area contributed by atoms with Gasteiger partial charge >= 0.3 is 0 Å². The summed E-state index contributed by atoms with van der Waals surface area (Å²) in [7, 11) is 0. The van der Waals surface area contributed by atoms with Crippen LogP contribution in [-0.2, 0) is 6.54 Å². The van der Waals surface area contributed by atoms with E-state index in [1.54, 1.807) is 0 Å². The first-order valence-electron chi connectivity index (χ1n) is 4.71. The van der Waals surface area contributed by atoms with Crippen molar-refractivity contribution in [2.75, 3.05) is 13.1 Å². The summed E-state index contributed by atoms with van der Waals surface area (Å²) in [5.41, 5.74) is 1.17. The normalized spacial score (nSPS) is 22.8. The van der Waals surface area contributed by atoms with Gasteiger partial charge in [0.1, 0.15) is 0 Å². The lowest BCUT2D eigenvalue weighted by Gasteiger charge is -2.12. The SMILES string of the molecule is O=Cc1cc(CN2CCC(O)C2)cs1. The van der Waals surface area contributed by atoms with Crippen molar-refractivity contribution in [3.63, 3.8) is 0 Å². The first-order valence-corrected chi connectivity index (χ1v) is 5.59. The number of likely N-dealkylation sites (tertiary alicyclic amines) is 1. The number of β-amino-alcohol motifs (C(OH)–C–C–N with tert-alkyl or cyclic N) is 1. The molecule has 76 valence electrons. The van der Waals surface area contributed by atoms with Crippen LogP contribution in [0.1, 0.15) is 21.7 Å². The van der Waals surface area contributed by atoms with Gasteiger partial charge in [0.2, 0.25) is 0 Å². The van der Waals surface area contributed by atoms with E-state index in [9.17, 15) is 9.90 Å². The number of hydrogen-bond acceptors (Lipinski definition) is 4. The standard InChI is InChI=1S/C10H13NO2S/c12-6-10-3-8(7-14-10)4-11-2-1-9(13)5-11/h3,6-7,9,13H,1-2,4-5H2. The fraction of sp³-hybridized carbons (Fsp3) is 0.500. The average Bonchev–Trinajstić information content (AvgIpc) is 2.76. The molecule has 1 unspecified atom stereocenters. The maximum atomic E-state index is 10.5. The van der Waals surface area contributed by atoms with Gasteiger partial charge in [-0.15, -0.1) is 11.3 Å². The zero-order valence-corrected chi connectivity index (χ0v) is 8.67. The molecule has 14 heavy (non-hydrogen) atoms. The van der Waals surface area contributed by atoms with Crippen molar-refractivity contribution in [1.82, 2.24) is 4.90 Å². The van der Waals surface area contributed by atoms with E-state index in [2.05, 4.69) is 4.90 Å². The lowest BCUT2D eigenvalue weighted by molar-refractivity contribution is 0.112. The molecule has 1 aliphatic heterocycles. The van der Waals surface area contributed by atoms with Crippen LogP contribution < -0.4 is 0 Å². The summed E-state index contributed by atoms with van der Waals surface area (Å²) in [6.07, 6.45) is 1.58. The molecule has 4 heteroatoms. The molecular weight excluding hydrogens is 198 g/mol. The van der Waals surface area contributed by atoms with E-state index in [0.29, 0.717) is 0 Å². The second-order valence-corrected chi connectivity index (χ2v) is 4.60. The Morgan fingerprint density at radius 3 is 3.14 bits per heavy atom. The summed E-state index contributed by atoms with van der Waals surface area (Å²) in [4.78, 5) is 13.5. The minimum absolute atomic E-state index is 0.167. The predicted molar refractivity (Wildman–Crippen MR) is 55.6 cm³/mol. The fourth-order valence-electron chi connectivity index (χ4n) is 1.75. The van der Waals surface area contributed by atoms with Gasteiger partial charge in [0.25, 0.3) is 0 Å². The van der Waals surface area contributed by atoms with Gasteiger partial charge in [-0.3, -0.25) is 9.69 Å². The van der Waals surface area contributed by atoms with Crippen LogP contribution in [0.5, 0.6) is 0 Å². The van der Waals surface area contributed by atoms with E-state index in [0.717, 1.165) is 37.2 Å². The van der Waals surface area contributed by atoms with Crippen molar-refractivity contribution >= 4 is 17.6 Å². The molecule has 1 N–H and O–H groups in total. The number of aldehydes is 1. The number of aliphatic hydroxyl groups is 1. The summed E-state index contributed by atoms with van der Waals surface area (Å²) in [5, 5.41) is 11.3. The number of carbonyl (C=O) groups is 1. The summed E-state index contributed by atoms with van der Waals surface area (Å²) in [6, 6.07) is 1.92. The quantitative estimate of drug-likeness (QED) is 0.762. The molecule has 0 aromatic carbocycles. The third kappa shape index (κ3) is 2.20. The van der Waals surface area contributed by atoms with Gasteiger partial charge in [-0.25, -0.2) is 0 Å². The van der Waals surface area contributed by atoms with Gasteiger partial charge in [0.15, 0.2) is 6.29 Å². The summed E-state index contributed by atoms with van der Waals surface area (Å²) >= 11 is 1.48. The Balaban J connectivity index is 1.93. The molecule has 1 aromatic rings. The molecule has 1 aliphatic rings. The van der Waals surface area contributed by atoms with E-state index < -0.39 is 0 Å². The smallest absolute Gasteiger partial charge is 0.160 e. The molecule has 0 saturated carbocycles. The zero-order chi connectivity index (χ0) is 9.97. The fourth-order valence-corrected chi connectivity index (χ4v) is 2.46. The highest BCUT2D eigenvalue weighted by molar-refractivity contribution is 7.11. The topological polar surface area (TPSA) is 40.5 Å². The summed E-state index contributed by atoms with van der Waals surface area (Å²) in [5.74, 6) is 0. The number of rotatable bonds is 3. The molecule has 2 rings (SSSR count). The number of nitrogens with zero attached hydrogens (tertiary/aromatic N) is 1. The van der Waals surface area contributed by atoms with Gasteiger partial charge in [-0.2, -0.15) is 0 Å². The van der Waals surface area contributed by atoms with Gasteiger partial charge in [0.05, 0.1) is 11.0 Å². The number of carbonyl (C=O) groups excluding carboxylic acids is 1. The van der Waals surface area contributed by atoms with Crippen LogP contribution in [0.3, 0.4) is 0 Å². The summed E-state index contributed by atoms with van der Waals surface area (Å²) in [6.45, 7) is 2.56. The van der Waals surface area contributed by atoms with Crippen LogP contribution in [-0.4, -0.2) is 35.5 Å². The Morgan fingerprint density at radius 1 is 1.71 bits per heavy atom. The van der Waals surface area contributed by atoms with E-state index >= 15 is 0 Å². The van der Waals surface area contributed by atoms with Crippen molar-refractivity contribution in [2.45, 2.75) is 19.1 Å². The van der Waals surface area contributed by atoms with Gasteiger partial charge in [-0.1, -0.05) is 0 Å². The molecule has 3 nitrogen and oxygen atoms in total. The lowest BCUT2D eigenvalue weighted by atomic mass is 10.3. The molecule has 2 heterocycles. The maximum Gasteiger partial charge on any atom is 0.160 e. The van der Waals surface area contributed by atoms with E-state index in [1.807, 2.05) is 11.4 Å². The van der Waals surface area contributed by atoms with Crippen LogP contribution in [0, 0.1) is 0 Å². The molecule has 0 spiro atoms. The van der Waals surface area contributed by atoms with Crippen LogP contribution in [0.2, 0.25) is 0 Å². The van der Waals surface area contributed by atoms with E-state index in [-0.39, 0.29) is 6.10 Å². The molecule has 0 radical (unpaired) electrons. The van der Waals surface area contributed by atoms with Crippen molar-refractivity contribution in [1.29, 1.82) is 0 Å². The first kappa shape index (κ1) is 9.83. The minimum atomic E-state index is -0.167. The Hall–Kier alpha value is -0.710. The highest BCUT2D eigenvalue weighted by Gasteiger charge is 2.20. The van der Waals surface area contributed by atoms with Crippen molar-refractivity contribution < 1.29 is 9.90 Å². The molecule has 0 aliphatic carbocycles. The van der Waals surface area contributed by atoms with Crippen molar-refractivity contribution in [3.8, 4) is 0 Å². The third-order valence-corrected chi connectivity index (χ3v) is 3.35. The summed E-state index contributed by atoms with van der Waals surface area (Å²) < 4.78 is 0. The highest BCUT2D eigenvalue weighted by Crippen LogP contribution is 2.17. The number of hydrogen-bond donors (Lipinski definition) is 1. The molecule has 0 bridgehead atoms. The van der Waals surface area contributed by atoms with Gasteiger partial charge in [-0.05, 0) is 23.4 Å². The molecule has 1 fully saturated rings. The predicted octanol–water partition coefficient (Wildman–Crippen LogP) is 1.13. The Kier molecular flexibility index (Phi) is 2.96. The third-order valence-electron chi connectivity index (χ3n) is 2.44. The molecule has 1 saturated heterocycles. The van der Waals surface area contributed by atoms with Crippen molar-refractivity contribution in [2.24, 2.45) is 0 Å². The van der Waals surface area contributed by atoms with Crippen LogP contribution in [0.15, 0.2) is 11.4 Å². The van der Waals surface area contributed by atoms with Crippen LogP contribution in [0.25, 0.3) is 0 Å². The Labute approximate surface area is 87.0 Å². The highest BCUT2D eigenvalue weighted by atomic mass is 32.1. The van der Waals surface area contributed by atoms with Gasteiger partial charge in [0, 0.05) is 19.6 Å². The lowest BCUT2D eigenvalue weighted by Crippen LogP contribution is -2.21. The minimum Gasteiger partial charge on any atom is -0.392 e. The maximum absolute atomic E-state index is 10.5. The monoisotopic (exact) mass is 211 g/mol. The van der Waals surface area contributed by atoms with Crippen molar-refractivity contribution in [3.05, 3.63) is 21.9 Å². The molecular formula is C10H13NO2S. The Morgan fingerprint density at radius 2 is 2.57 bits per heavy atom. The van der Waals surface area contributed by atoms with E-state index in [1.165, 1.54) is 16.9 Å².